The number of nitrogens with zero attached hydrogens (tertiary/aromatic N) is 2. The quantitative estimate of drug-likeness (QED) is 0.365. The van der Waals surface area contributed by atoms with Gasteiger partial charge in [0, 0.05) is 22.8 Å². The number of aromatic amines is 2. The number of esters is 1. The molecule has 0 bridgehead atoms. The molecule has 0 unspecified atom stereocenters. The summed E-state index contributed by atoms with van der Waals surface area (Å²) in [5, 5.41) is 13.6. The minimum atomic E-state index is -0.802. The fraction of sp³-hybridized carbons (Fsp3) is 0.167. The third-order valence-electron chi connectivity index (χ3n) is 5.05. The van der Waals surface area contributed by atoms with E-state index in [9.17, 15) is 18.4 Å². The maximum absolute atomic E-state index is 13.4. The normalized spacial score (nSPS) is 10.9. The van der Waals surface area contributed by atoms with Gasteiger partial charge in [-0.05, 0) is 67.1 Å². The predicted octanol–water partition coefficient (Wildman–Crippen LogP) is 4.21. The van der Waals surface area contributed by atoms with Crippen LogP contribution in [0.1, 0.15) is 33.0 Å². The van der Waals surface area contributed by atoms with E-state index in [0.717, 1.165) is 23.7 Å². The van der Waals surface area contributed by atoms with Gasteiger partial charge in [0.25, 0.3) is 0 Å². The van der Waals surface area contributed by atoms with E-state index in [1.54, 1.807) is 6.07 Å². The van der Waals surface area contributed by atoms with E-state index in [2.05, 4.69) is 20.4 Å². The Hall–Kier alpha value is -3.85. The first-order chi connectivity index (χ1) is 16.4. The highest BCUT2D eigenvalue weighted by Crippen LogP contribution is 2.14. The average Bonchev–Trinajstić information content (AvgIpc) is 3.28. The number of carbonyl (C=O) groups is 1. The lowest BCUT2D eigenvalue weighted by Crippen LogP contribution is -2.19. The van der Waals surface area contributed by atoms with E-state index in [-0.39, 0.29) is 24.3 Å². The molecule has 0 aliphatic heterocycles. The maximum atomic E-state index is 13.4. The predicted molar refractivity (Wildman–Crippen MR) is 121 cm³/mol. The van der Waals surface area contributed by atoms with E-state index < -0.39 is 23.2 Å². The van der Waals surface area contributed by atoms with Gasteiger partial charge in [0.15, 0.2) is 11.4 Å². The lowest BCUT2D eigenvalue weighted by molar-refractivity contribution is 0.0725. The number of rotatable bonds is 8. The van der Waals surface area contributed by atoms with Crippen molar-refractivity contribution in [2.24, 2.45) is 0 Å². The van der Waals surface area contributed by atoms with Crippen LogP contribution in [0.2, 0.25) is 5.02 Å². The van der Waals surface area contributed by atoms with E-state index in [4.69, 9.17) is 16.3 Å². The summed E-state index contributed by atoms with van der Waals surface area (Å²) in [6.45, 7) is 0. The first kappa shape index (κ1) is 23.3. The molecular formula is C24H19ClF2N4O3. The summed E-state index contributed by atoms with van der Waals surface area (Å²) in [6.07, 6.45) is 1.87. The summed E-state index contributed by atoms with van der Waals surface area (Å²) in [4.78, 5) is 24.5. The molecular weight excluding hydrogens is 466 g/mol. The Morgan fingerprint density at radius 2 is 1.56 bits per heavy atom. The zero-order valence-electron chi connectivity index (χ0n) is 17.8. The van der Waals surface area contributed by atoms with Gasteiger partial charge < -0.3 is 4.74 Å². The molecule has 2 heterocycles. The minimum absolute atomic E-state index is 0.0269. The standard InChI is InChI=1S/C24H19ClF2N4O3/c25-16-5-1-14(2-6-16)3-7-19-12-21(30-28-19)24(33)34-22-13-20(29-31-23(22)32)8-4-15-9-17(26)11-18(27)10-15/h1-2,5-6,9-13H,3-4,7-8H2,(H,28,30)(H,31,32). The Kier molecular flexibility index (Phi) is 7.12. The van der Waals surface area contributed by atoms with E-state index in [0.29, 0.717) is 22.7 Å². The van der Waals surface area contributed by atoms with Gasteiger partial charge in [0.05, 0.1) is 5.69 Å². The first-order valence-corrected chi connectivity index (χ1v) is 10.8. The van der Waals surface area contributed by atoms with E-state index in [1.165, 1.54) is 18.2 Å². The molecule has 174 valence electrons. The van der Waals surface area contributed by atoms with Crippen LogP contribution in [0.25, 0.3) is 0 Å². The third-order valence-corrected chi connectivity index (χ3v) is 5.31. The fourth-order valence-electron chi connectivity index (χ4n) is 3.33. The maximum Gasteiger partial charge on any atom is 0.364 e. The fourth-order valence-corrected chi connectivity index (χ4v) is 3.46. The Morgan fingerprint density at radius 3 is 2.29 bits per heavy atom. The zero-order valence-corrected chi connectivity index (χ0v) is 18.5. The van der Waals surface area contributed by atoms with Crippen molar-refractivity contribution >= 4 is 17.6 Å². The molecule has 34 heavy (non-hydrogen) atoms. The first-order valence-electron chi connectivity index (χ1n) is 10.4. The van der Waals surface area contributed by atoms with Crippen molar-refractivity contribution in [3.63, 3.8) is 0 Å². The Labute approximate surface area is 197 Å². The van der Waals surface area contributed by atoms with Crippen LogP contribution in [0, 0.1) is 11.6 Å². The number of carbonyl (C=O) groups excluding carboxylic acids is 1. The number of ether oxygens (including phenoxy) is 1. The van der Waals surface area contributed by atoms with Gasteiger partial charge in [-0.15, -0.1) is 0 Å². The van der Waals surface area contributed by atoms with Gasteiger partial charge in [-0.2, -0.15) is 10.2 Å². The van der Waals surface area contributed by atoms with Crippen LogP contribution in [0.15, 0.2) is 59.4 Å². The van der Waals surface area contributed by atoms with Gasteiger partial charge >= 0.3 is 11.5 Å². The van der Waals surface area contributed by atoms with Crippen LogP contribution in [0.5, 0.6) is 5.75 Å². The Balaban J connectivity index is 1.37. The molecule has 7 nitrogen and oxygen atoms in total. The highest BCUT2D eigenvalue weighted by Gasteiger charge is 2.16. The second-order valence-corrected chi connectivity index (χ2v) is 8.06. The lowest BCUT2D eigenvalue weighted by atomic mass is 10.1. The van der Waals surface area contributed by atoms with Crippen molar-refractivity contribution in [1.82, 2.24) is 20.4 Å². The van der Waals surface area contributed by atoms with Crippen molar-refractivity contribution in [2.45, 2.75) is 25.7 Å². The number of hydrogen-bond acceptors (Lipinski definition) is 5. The molecule has 0 saturated carbocycles. The molecule has 2 N–H and O–H groups in total. The van der Waals surface area contributed by atoms with Crippen LogP contribution in [0.4, 0.5) is 8.78 Å². The summed E-state index contributed by atoms with van der Waals surface area (Å²) >= 11 is 5.89. The molecule has 0 radical (unpaired) electrons. The SMILES string of the molecule is O=C(Oc1cc(CCc2cc(F)cc(F)c2)n[nH]c1=O)c1cc(CCc2ccc(Cl)cc2)[nH]n1. The van der Waals surface area contributed by atoms with Crippen molar-refractivity contribution in [3.8, 4) is 5.75 Å². The van der Waals surface area contributed by atoms with Crippen molar-refractivity contribution in [1.29, 1.82) is 0 Å². The summed E-state index contributed by atoms with van der Waals surface area (Å²) in [5.74, 6) is -2.40. The molecule has 10 heteroatoms. The molecule has 4 aromatic rings. The van der Waals surface area contributed by atoms with Crippen molar-refractivity contribution in [2.75, 3.05) is 0 Å². The number of benzene rings is 2. The summed E-state index contributed by atoms with van der Waals surface area (Å²) in [7, 11) is 0. The average molecular weight is 485 g/mol. The number of aromatic nitrogens is 4. The second kappa shape index (κ2) is 10.4. The van der Waals surface area contributed by atoms with Crippen LogP contribution < -0.4 is 10.3 Å². The largest absolute Gasteiger partial charge is 0.416 e. The van der Waals surface area contributed by atoms with Crippen molar-refractivity contribution in [3.05, 3.63) is 110 Å². The summed E-state index contributed by atoms with van der Waals surface area (Å²) < 4.78 is 31.9. The van der Waals surface area contributed by atoms with Gasteiger partial charge in [-0.3, -0.25) is 9.89 Å². The monoisotopic (exact) mass is 484 g/mol. The minimum Gasteiger partial charge on any atom is -0.416 e. The van der Waals surface area contributed by atoms with Crippen molar-refractivity contribution < 1.29 is 18.3 Å². The second-order valence-electron chi connectivity index (χ2n) is 7.62. The van der Waals surface area contributed by atoms with Gasteiger partial charge in [0.1, 0.15) is 11.6 Å². The molecule has 2 aromatic heterocycles. The number of aryl methyl sites for hydroxylation is 4. The molecule has 0 saturated heterocycles. The third kappa shape index (κ3) is 6.14. The molecule has 0 amide bonds. The van der Waals surface area contributed by atoms with Crippen LogP contribution >= 0.6 is 11.6 Å². The highest BCUT2D eigenvalue weighted by atomic mass is 35.5. The van der Waals surface area contributed by atoms with Gasteiger partial charge in [-0.1, -0.05) is 23.7 Å². The highest BCUT2D eigenvalue weighted by molar-refractivity contribution is 6.30. The summed E-state index contributed by atoms with van der Waals surface area (Å²) in [6, 6.07) is 13.6. The smallest absolute Gasteiger partial charge is 0.364 e. The Morgan fingerprint density at radius 1 is 0.853 bits per heavy atom. The molecule has 0 aliphatic carbocycles. The molecule has 0 spiro atoms. The van der Waals surface area contributed by atoms with E-state index in [1.807, 2.05) is 24.3 Å². The number of halogens is 3. The Bertz CT molecular complexity index is 1350. The van der Waals surface area contributed by atoms with Crippen LogP contribution in [-0.2, 0) is 25.7 Å². The summed E-state index contributed by atoms with van der Waals surface area (Å²) in [5.41, 5.74) is 1.98. The van der Waals surface area contributed by atoms with Gasteiger partial charge in [-0.25, -0.2) is 18.7 Å². The van der Waals surface area contributed by atoms with Crippen LogP contribution in [0.3, 0.4) is 0 Å². The number of nitrogens with one attached hydrogen (secondary N) is 2. The molecule has 4 rings (SSSR count). The lowest BCUT2D eigenvalue weighted by Gasteiger charge is -2.05. The molecule has 0 atom stereocenters. The van der Waals surface area contributed by atoms with Gasteiger partial charge in [0.2, 0.25) is 0 Å². The molecule has 2 aromatic carbocycles. The topological polar surface area (TPSA) is 101 Å². The number of H-pyrrole nitrogens is 2. The van der Waals surface area contributed by atoms with E-state index >= 15 is 0 Å². The molecule has 0 aliphatic rings. The molecule has 0 fully saturated rings. The number of hydrogen-bond donors (Lipinski definition) is 2. The van der Waals surface area contributed by atoms with Crippen LogP contribution in [-0.4, -0.2) is 26.4 Å². The zero-order chi connectivity index (χ0) is 24.1.